The van der Waals surface area contributed by atoms with Crippen molar-refractivity contribution in [2.45, 2.75) is 13.8 Å². The first-order valence-corrected chi connectivity index (χ1v) is 6.06. The Morgan fingerprint density at radius 1 is 1.44 bits per heavy atom. The van der Waals surface area contributed by atoms with E-state index in [2.05, 4.69) is 10.0 Å². The molecule has 2 N–H and O–H groups in total. The van der Waals surface area contributed by atoms with E-state index in [1.807, 2.05) is 31.2 Å². The molecule has 0 aliphatic rings. The molecule has 1 aromatic rings. The second kappa shape index (κ2) is 7.00. The summed E-state index contributed by atoms with van der Waals surface area (Å²) in [6, 6.07) is 8.00. The van der Waals surface area contributed by atoms with Crippen LogP contribution in [0.4, 0.5) is 10.5 Å². The number of benzene rings is 1. The van der Waals surface area contributed by atoms with Crippen molar-refractivity contribution in [3.05, 3.63) is 29.8 Å². The van der Waals surface area contributed by atoms with E-state index in [0.29, 0.717) is 12.5 Å². The van der Waals surface area contributed by atoms with Crippen molar-refractivity contribution in [2.24, 2.45) is 0 Å². The van der Waals surface area contributed by atoms with Crippen LogP contribution >= 0.6 is 11.9 Å². The smallest absolute Gasteiger partial charge is 0.417 e. The zero-order valence-corrected chi connectivity index (χ0v) is 10.3. The first-order valence-electron chi connectivity index (χ1n) is 5.08. The fourth-order valence-corrected chi connectivity index (χ4v) is 1.62. The molecule has 0 unspecified atom stereocenters. The molecule has 0 saturated heterocycles. The van der Waals surface area contributed by atoms with Gasteiger partial charge in [0.25, 0.3) is 0 Å². The van der Waals surface area contributed by atoms with Crippen molar-refractivity contribution >= 4 is 23.7 Å². The molecular formula is C11H16N2O2S. The van der Waals surface area contributed by atoms with Crippen LogP contribution in [0, 0.1) is 6.92 Å². The lowest BCUT2D eigenvalue weighted by Gasteiger charge is -2.09. The van der Waals surface area contributed by atoms with Gasteiger partial charge in [-0.3, -0.25) is 4.72 Å². The highest BCUT2D eigenvalue weighted by atomic mass is 32.2. The minimum absolute atomic E-state index is 0.387. The SMILES string of the molecule is CCOC(=O)NSCNc1ccccc1C. The van der Waals surface area contributed by atoms with Gasteiger partial charge in [0.2, 0.25) is 0 Å². The molecule has 0 aliphatic carbocycles. The summed E-state index contributed by atoms with van der Waals surface area (Å²) in [5.41, 5.74) is 2.25. The van der Waals surface area contributed by atoms with Crippen molar-refractivity contribution in [3.63, 3.8) is 0 Å². The first-order chi connectivity index (χ1) is 7.74. The largest absolute Gasteiger partial charge is 0.449 e. The van der Waals surface area contributed by atoms with Crippen LogP contribution in [0.3, 0.4) is 0 Å². The quantitative estimate of drug-likeness (QED) is 0.472. The molecule has 4 nitrogen and oxygen atoms in total. The molecule has 0 spiro atoms. The van der Waals surface area contributed by atoms with E-state index in [1.165, 1.54) is 17.5 Å². The highest BCUT2D eigenvalue weighted by Gasteiger charge is 1.99. The van der Waals surface area contributed by atoms with Gasteiger partial charge in [0.1, 0.15) is 0 Å². The molecule has 0 atom stereocenters. The van der Waals surface area contributed by atoms with Gasteiger partial charge in [0, 0.05) is 5.69 Å². The molecule has 16 heavy (non-hydrogen) atoms. The van der Waals surface area contributed by atoms with Crippen LogP contribution in [0.1, 0.15) is 12.5 Å². The Morgan fingerprint density at radius 2 is 2.19 bits per heavy atom. The second-order valence-electron chi connectivity index (χ2n) is 3.10. The van der Waals surface area contributed by atoms with Gasteiger partial charge in [-0.1, -0.05) is 18.2 Å². The fraction of sp³-hybridized carbons (Fsp3) is 0.364. The molecular weight excluding hydrogens is 224 g/mol. The van der Waals surface area contributed by atoms with Gasteiger partial charge in [-0.05, 0) is 37.4 Å². The number of hydrogen-bond acceptors (Lipinski definition) is 4. The molecule has 1 aromatic carbocycles. The van der Waals surface area contributed by atoms with Crippen LogP contribution < -0.4 is 10.0 Å². The molecule has 1 amide bonds. The zero-order chi connectivity index (χ0) is 11.8. The number of rotatable bonds is 5. The van der Waals surface area contributed by atoms with E-state index in [4.69, 9.17) is 4.74 Å². The fourth-order valence-electron chi connectivity index (χ4n) is 1.14. The lowest BCUT2D eigenvalue weighted by molar-refractivity contribution is 0.159. The van der Waals surface area contributed by atoms with Gasteiger partial charge in [-0.2, -0.15) is 0 Å². The van der Waals surface area contributed by atoms with Crippen LogP contribution in [-0.2, 0) is 4.74 Å². The maximum Gasteiger partial charge on any atom is 0.417 e. The highest BCUT2D eigenvalue weighted by molar-refractivity contribution is 7.97. The molecule has 0 saturated carbocycles. The van der Waals surface area contributed by atoms with Gasteiger partial charge >= 0.3 is 6.09 Å². The third-order valence-electron chi connectivity index (χ3n) is 1.91. The van der Waals surface area contributed by atoms with Crippen LogP contribution in [-0.4, -0.2) is 18.6 Å². The third kappa shape index (κ3) is 4.44. The van der Waals surface area contributed by atoms with Crippen molar-refractivity contribution in [3.8, 4) is 0 Å². The van der Waals surface area contributed by atoms with Gasteiger partial charge in [-0.25, -0.2) is 4.79 Å². The lowest BCUT2D eigenvalue weighted by Crippen LogP contribution is -2.19. The number of carbonyl (C=O) groups is 1. The average Bonchev–Trinajstić information content (AvgIpc) is 2.27. The van der Waals surface area contributed by atoms with E-state index in [1.54, 1.807) is 6.92 Å². The summed E-state index contributed by atoms with van der Waals surface area (Å²) in [5.74, 6) is 0.601. The van der Waals surface area contributed by atoms with E-state index in [9.17, 15) is 4.79 Å². The van der Waals surface area contributed by atoms with Crippen LogP contribution in [0.15, 0.2) is 24.3 Å². The predicted molar refractivity (Wildman–Crippen MR) is 67.4 cm³/mol. The van der Waals surface area contributed by atoms with Gasteiger partial charge in [0.05, 0.1) is 12.5 Å². The molecule has 1 rings (SSSR count). The van der Waals surface area contributed by atoms with Gasteiger partial charge in [0.15, 0.2) is 0 Å². The summed E-state index contributed by atoms with van der Waals surface area (Å²) < 4.78 is 7.29. The molecule has 0 aliphatic heterocycles. The highest BCUT2D eigenvalue weighted by Crippen LogP contribution is 2.13. The summed E-state index contributed by atoms with van der Waals surface area (Å²) in [5, 5.41) is 3.20. The second-order valence-corrected chi connectivity index (χ2v) is 3.88. The predicted octanol–water partition coefficient (Wildman–Crippen LogP) is 2.76. The van der Waals surface area contributed by atoms with E-state index >= 15 is 0 Å². The number of nitrogens with one attached hydrogen (secondary N) is 2. The molecule has 0 fully saturated rings. The van der Waals surface area contributed by atoms with Crippen LogP contribution in [0.25, 0.3) is 0 Å². The number of hydrogen-bond donors (Lipinski definition) is 2. The number of carbonyl (C=O) groups excluding carboxylic acids is 1. The number of ether oxygens (including phenoxy) is 1. The average molecular weight is 240 g/mol. The van der Waals surface area contributed by atoms with E-state index in [0.717, 1.165) is 5.69 Å². The molecule has 0 heterocycles. The van der Waals surface area contributed by atoms with Crippen LogP contribution in [0.5, 0.6) is 0 Å². The van der Waals surface area contributed by atoms with Crippen molar-refractivity contribution in [1.82, 2.24) is 4.72 Å². The third-order valence-corrected chi connectivity index (χ3v) is 2.51. The molecule has 0 aromatic heterocycles. The number of amides is 1. The number of anilines is 1. The maximum absolute atomic E-state index is 10.9. The molecule has 0 radical (unpaired) electrons. The molecule has 0 bridgehead atoms. The van der Waals surface area contributed by atoms with E-state index < -0.39 is 6.09 Å². The Labute approximate surface area is 99.9 Å². The summed E-state index contributed by atoms with van der Waals surface area (Å²) in [7, 11) is 0. The zero-order valence-electron chi connectivity index (χ0n) is 9.45. The monoisotopic (exact) mass is 240 g/mol. The van der Waals surface area contributed by atoms with Crippen molar-refractivity contribution in [1.29, 1.82) is 0 Å². The Balaban J connectivity index is 2.21. The molecule has 5 heteroatoms. The maximum atomic E-state index is 10.9. The van der Waals surface area contributed by atoms with Gasteiger partial charge in [-0.15, -0.1) is 0 Å². The summed E-state index contributed by atoms with van der Waals surface area (Å²) in [4.78, 5) is 10.9. The van der Waals surface area contributed by atoms with Crippen LogP contribution in [0.2, 0.25) is 0 Å². The minimum Gasteiger partial charge on any atom is -0.449 e. The van der Waals surface area contributed by atoms with Crippen molar-refractivity contribution < 1.29 is 9.53 Å². The first kappa shape index (κ1) is 12.7. The Morgan fingerprint density at radius 3 is 2.88 bits per heavy atom. The number of para-hydroxylation sites is 1. The topological polar surface area (TPSA) is 50.4 Å². The standard InChI is InChI=1S/C11H16N2O2S/c1-3-15-11(14)13-16-8-12-10-7-5-4-6-9(10)2/h4-7,12H,3,8H2,1-2H3,(H,13,14). The Hall–Kier alpha value is -1.36. The van der Waals surface area contributed by atoms with E-state index in [-0.39, 0.29) is 0 Å². The van der Waals surface area contributed by atoms with Gasteiger partial charge < -0.3 is 10.1 Å². The Kier molecular flexibility index (Phi) is 5.56. The minimum atomic E-state index is -0.404. The summed E-state index contributed by atoms with van der Waals surface area (Å²) >= 11 is 1.27. The summed E-state index contributed by atoms with van der Waals surface area (Å²) in [6.45, 7) is 4.19. The van der Waals surface area contributed by atoms with Crippen molar-refractivity contribution in [2.75, 3.05) is 17.8 Å². The molecule has 88 valence electrons. The lowest BCUT2D eigenvalue weighted by atomic mass is 10.2. The Bertz CT molecular complexity index is 345. The summed E-state index contributed by atoms with van der Waals surface area (Å²) in [6.07, 6.45) is -0.404. The normalized spacial score (nSPS) is 9.62. The number of aryl methyl sites for hydroxylation is 1.